The van der Waals surface area contributed by atoms with Crippen LogP contribution in [0, 0.1) is 0 Å². The number of hydrogen-bond donors (Lipinski definition) is 1. The maximum absolute atomic E-state index is 11.2. The van der Waals surface area contributed by atoms with Gasteiger partial charge in [-0.2, -0.15) is 0 Å². The highest BCUT2D eigenvalue weighted by molar-refractivity contribution is 5.92. The quantitative estimate of drug-likeness (QED) is 0.564. The van der Waals surface area contributed by atoms with E-state index in [9.17, 15) is 9.59 Å². The molecule has 0 fully saturated rings. The van der Waals surface area contributed by atoms with Gasteiger partial charge in [-0.25, -0.2) is 4.79 Å². The minimum atomic E-state index is -0.496. The minimum absolute atomic E-state index is 0.123. The summed E-state index contributed by atoms with van der Waals surface area (Å²) in [6.45, 7) is 1.99. The number of nitrogens with zero attached hydrogens (tertiary/aromatic N) is 1. The van der Waals surface area contributed by atoms with E-state index in [1.807, 2.05) is 0 Å². The molecule has 0 saturated carbocycles. The van der Waals surface area contributed by atoms with Gasteiger partial charge in [-0.15, -0.1) is 0 Å². The Morgan fingerprint density at radius 3 is 2.93 bits per heavy atom. The zero-order valence-corrected chi connectivity index (χ0v) is 7.69. The lowest BCUT2D eigenvalue weighted by molar-refractivity contribution is 0.0525. The fourth-order valence-corrected chi connectivity index (χ4v) is 0.917. The van der Waals surface area contributed by atoms with Crippen LogP contribution in [0.5, 0.6) is 0 Å². The summed E-state index contributed by atoms with van der Waals surface area (Å²) in [4.78, 5) is 25.3. The van der Waals surface area contributed by atoms with Crippen molar-refractivity contribution >= 4 is 17.9 Å². The number of esters is 1. The normalized spacial score (nSPS) is 9.50. The Hall–Kier alpha value is -1.91. The first-order valence-corrected chi connectivity index (χ1v) is 4.06. The molecular formula is C9H10N2O3. The van der Waals surface area contributed by atoms with Crippen molar-refractivity contribution in [2.75, 3.05) is 12.3 Å². The highest BCUT2D eigenvalue weighted by atomic mass is 16.5. The highest BCUT2D eigenvalue weighted by Gasteiger charge is 2.09. The number of aromatic nitrogens is 1. The zero-order chi connectivity index (χ0) is 10.6. The van der Waals surface area contributed by atoms with Crippen LogP contribution in [0.3, 0.4) is 0 Å². The molecular weight excluding hydrogens is 184 g/mol. The van der Waals surface area contributed by atoms with E-state index in [0.717, 1.165) is 0 Å². The number of anilines is 1. The number of hydrogen-bond acceptors (Lipinski definition) is 5. The van der Waals surface area contributed by atoms with E-state index in [-0.39, 0.29) is 23.6 Å². The average molecular weight is 194 g/mol. The van der Waals surface area contributed by atoms with Crippen LogP contribution in [0.25, 0.3) is 0 Å². The van der Waals surface area contributed by atoms with Crippen LogP contribution in [-0.2, 0) is 4.74 Å². The summed E-state index contributed by atoms with van der Waals surface area (Å²) in [5.74, 6) is -0.496. The Labute approximate surface area is 80.9 Å². The van der Waals surface area contributed by atoms with Crippen LogP contribution in [0.1, 0.15) is 27.8 Å². The largest absolute Gasteiger partial charge is 0.462 e. The van der Waals surface area contributed by atoms with Crippen molar-refractivity contribution in [1.29, 1.82) is 0 Å². The van der Waals surface area contributed by atoms with Crippen LogP contribution in [0.2, 0.25) is 0 Å². The van der Waals surface area contributed by atoms with E-state index in [4.69, 9.17) is 10.5 Å². The highest BCUT2D eigenvalue weighted by Crippen LogP contribution is 2.09. The molecule has 0 amide bonds. The van der Waals surface area contributed by atoms with Crippen molar-refractivity contribution < 1.29 is 14.3 Å². The van der Waals surface area contributed by atoms with Crippen molar-refractivity contribution in [3.05, 3.63) is 23.5 Å². The Morgan fingerprint density at radius 2 is 2.43 bits per heavy atom. The summed E-state index contributed by atoms with van der Waals surface area (Å²) in [5.41, 5.74) is 6.00. The Kier molecular flexibility index (Phi) is 3.17. The van der Waals surface area contributed by atoms with Crippen molar-refractivity contribution in [3.63, 3.8) is 0 Å². The summed E-state index contributed by atoms with van der Waals surface area (Å²) < 4.78 is 4.73. The summed E-state index contributed by atoms with van der Waals surface area (Å²) >= 11 is 0. The van der Waals surface area contributed by atoms with E-state index >= 15 is 0 Å². The lowest BCUT2D eigenvalue weighted by Crippen LogP contribution is -2.07. The first-order chi connectivity index (χ1) is 6.69. The molecule has 0 radical (unpaired) electrons. The molecule has 5 nitrogen and oxygen atoms in total. The molecule has 0 saturated heterocycles. The standard InChI is InChI=1S/C9H10N2O3/c1-2-14-9(13)6-3-7(10)8(5-12)11-4-6/h3-5H,2,10H2,1H3. The van der Waals surface area contributed by atoms with Gasteiger partial charge in [0.05, 0.1) is 17.9 Å². The second-order valence-corrected chi connectivity index (χ2v) is 2.54. The first kappa shape index (κ1) is 10.2. The molecule has 0 aliphatic rings. The smallest absolute Gasteiger partial charge is 0.339 e. The molecule has 2 N–H and O–H groups in total. The second-order valence-electron chi connectivity index (χ2n) is 2.54. The van der Waals surface area contributed by atoms with Gasteiger partial charge in [-0.05, 0) is 13.0 Å². The van der Waals surface area contributed by atoms with Gasteiger partial charge in [-0.1, -0.05) is 0 Å². The second kappa shape index (κ2) is 4.36. The third kappa shape index (κ3) is 2.07. The summed E-state index contributed by atoms with van der Waals surface area (Å²) in [6.07, 6.45) is 1.79. The van der Waals surface area contributed by atoms with Crippen LogP contribution < -0.4 is 5.73 Å². The summed E-state index contributed by atoms with van der Waals surface area (Å²) in [6, 6.07) is 1.37. The van der Waals surface area contributed by atoms with Gasteiger partial charge in [0.1, 0.15) is 5.69 Å². The van der Waals surface area contributed by atoms with Gasteiger partial charge in [-0.3, -0.25) is 9.78 Å². The lowest BCUT2D eigenvalue weighted by Gasteiger charge is -2.02. The third-order valence-corrected chi connectivity index (χ3v) is 1.57. The number of pyridine rings is 1. The van der Waals surface area contributed by atoms with Gasteiger partial charge in [0, 0.05) is 6.20 Å². The molecule has 0 aromatic carbocycles. The molecule has 0 bridgehead atoms. The summed E-state index contributed by atoms with van der Waals surface area (Å²) in [7, 11) is 0. The predicted molar refractivity (Wildman–Crippen MR) is 50.0 cm³/mol. The topological polar surface area (TPSA) is 82.3 Å². The molecule has 1 rings (SSSR count). The zero-order valence-electron chi connectivity index (χ0n) is 7.69. The van der Waals surface area contributed by atoms with E-state index in [0.29, 0.717) is 6.29 Å². The van der Waals surface area contributed by atoms with Crippen molar-refractivity contribution in [2.24, 2.45) is 0 Å². The SMILES string of the molecule is CCOC(=O)c1cnc(C=O)c(N)c1. The molecule has 74 valence electrons. The minimum Gasteiger partial charge on any atom is -0.462 e. The van der Waals surface area contributed by atoms with E-state index in [2.05, 4.69) is 4.98 Å². The monoisotopic (exact) mass is 194 g/mol. The molecule has 0 spiro atoms. The number of nitrogen functional groups attached to an aromatic ring is 1. The molecule has 0 atom stereocenters. The maximum Gasteiger partial charge on any atom is 0.339 e. The van der Waals surface area contributed by atoms with Crippen molar-refractivity contribution in [1.82, 2.24) is 4.98 Å². The molecule has 14 heavy (non-hydrogen) atoms. The summed E-state index contributed by atoms with van der Waals surface area (Å²) in [5, 5.41) is 0. The van der Waals surface area contributed by atoms with Crippen LogP contribution in [0.4, 0.5) is 5.69 Å². The van der Waals surface area contributed by atoms with E-state index in [1.165, 1.54) is 12.3 Å². The van der Waals surface area contributed by atoms with E-state index < -0.39 is 5.97 Å². The molecule has 1 heterocycles. The fourth-order valence-electron chi connectivity index (χ4n) is 0.917. The van der Waals surface area contributed by atoms with Crippen molar-refractivity contribution in [3.8, 4) is 0 Å². The third-order valence-electron chi connectivity index (χ3n) is 1.57. The molecule has 1 aromatic heterocycles. The Morgan fingerprint density at radius 1 is 1.71 bits per heavy atom. The first-order valence-electron chi connectivity index (χ1n) is 4.06. The molecule has 0 unspecified atom stereocenters. The maximum atomic E-state index is 11.2. The number of carbonyl (C=O) groups is 2. The van der Waals surface area contributed by atoms with Gasteiger partial charge < -0.3 is 10.5 Å². The number of aldehydes is 1. The van der Waals surface area contributed by atoms with Crippen LogP contribution in [-0.4, -0.2) is 23.8 Å². The lowest BCUT2D eigenvalue weighted by atomic mass is 10.2. The number of nitrogens with two attached hydrogens (primary N) is 1. The number of ether oxygens (including phenoxy) is 1. The Balaban J connectivity index is 2.96. The van der Waals surface area contributed by atoms with Crippen molar-refractivity contribution in [2.45, 2.75) is 6.92 Å². The molecule has 0 aliphatic heterocycles. The molecule has 5 heteroatoms. The Bertz CT molecular complexity index is 363. The van der Waals surface area contributed by atoms with Crippen LogP contribution >= 0.6 is 0 Å². The number of rotatable bonds is 3. The van der Waals surface area contributed by atoms with E-state index in [1.54, 1.807) is 6.92 Å². The number of carbonyl (C=O) groups excluding carboxylic acids is 2. The molecule has 1 aromatic rings. The fraction of sp³-hybridized carbons (Fsp3) is 0.222. The predicted octanol–water partition coefficient (Wildman–Crippen LogP) is 0.653. The van der Waals surface area contributed by atoms with Gasteiger partial charge >= 0.3 is 5.97 Å². The molecule has 0 aliphatic carbocycles. The van der Waals surface area contributed by atoms with Gasteiger partial charge in [0.15, 0.2) is 6.29 Å². The van der Waals surface area contributed by atoms with Gasteiger partial charge in [0.2, 0.25) is 0 Å². The van der Waals surface area contributed by atoms with Crippen LogP contribution in [0.15, 0.2) is 12.3 Å². The van der Waals surface area contributed by atoms with Gasteiger partial charge in [0.25, 0.3) is 0 Å². The average Bonchev–Trinajstić information content (AvgIpc) is 2.18.